The molecular weight excluding hydrogens is 252 g/mol. The Kier molecular flexibility index (Phi) is 4.81. The first-order chi connectivity index (χ1) is 8.83. The topological polar surface area (TPSA) is 38.7 Å². The summed E-state index contributed by atoms with van der Waals surface area (Å²) >= 11 is 6.12. The fourth-order valence-corrected chi connectivity index (χ4v) is 1.97. The van der Waals surface area contributed by atoms with Gasteiger partial charge in [0.05, 0.1) is 19.8 Å². The lowest BCUT2D eigenvalue weighted by Crippen LogP contribution is -2.09. The van der Waals surface area contributed by atoms with E-state index in [0.717, 1.165) is 21.5 Å². The van der Waals surface area contributed by atoms with Gasteiger partial charge in [0.2, 0.25) is 0 Å². The van der Waals surface area contributed by atoms with E-state index in [2.05, 4.69) is 0 Å². The van der Waals surface area contributed by atoms with Crippen LogP contribution in [0.25, 0.3) is 10.8 Å². The third kappa shape index (κ3) is 3.13. The molecule has 0 heterocycles. The van der Waals surface area contributed by atoms with E-state index < -0.39 is 0 Å². The van der Waals surface area contributed by atoms with Gasteiger partial charge in [0.15, 0.2) is 0 Å². The van der Waals surface area contributed by atoms with Crippen molar-refractivity contribution in [3.63, 3.8) is 0 Å². The van der Waals surface area contributed by atoms with Gasteiger partial charge in [-0.25, -0.2) is 0 Å². The summed E-state index contributed by atoms with van der Waals surface area (Å²) in [5.74, 6) is 0.794. The summed E-state index contributed by atoms with van der Waals surface area (Å²) in [7, 11) is 0. The molecule has 0 amide bonds. The smallest absolute Gasteiger partial charge is 0.127 e. The molecule has 0 saturated heterocycles. The molecule has 0 saturated carbocycles. The standard InChI is InChI=1S/C14H15ClO3/c15-13-5-6-14(18-10-9-17-8-7-16)12-4-2-1-3-11(12)13/h1-6,16H,7-10H2. The molecule has 2 aromatic carbocycles. The molecule has 4 heteroatoms. The molecule has 96 valence electrons. The minimum Gasteiger partial charge on any atom is -0.491 e. The number of rotatable bonds is 6. The molecule has 0 aliphatic heterocycles. The van der Waals surface area contributed by atoms with Crippen molar-refractivity contribution in [3.8, 4) is 5.75 Å². The second-order valence-corrected chi connectivity index (χ2v) is 4.18. The van der Waals surface area contributed by atoms with Crippen LogP contribution in [-0.2, 0) is 4.74 Å². The predicted molar refractivity (Wildman–Crippen MR) is 72.4 cm³/mol. The van der Waals surface area contributed by atoms with Gasteiger partial charge in [0.1, 0.15) is 12.4 Å². The monoisotopic (exact) mass is 266 g/mol. The van der Waals surface area contributed by atoms with Gasteiger partial charge in [-0.3, -0.25) is 0 Å². The summed E-state index contributed by atoms with van der Waals surface area (Å²) in [5.41, 5.74) is 0. The normalized spacial score (nSPS) is 10.8. The third-order valence-corrected chi connectivity index (χ3v) is 2.88. The van der Waals surface area contributed by atoms with Crippen LogP contribution in [0.1, 0.15) is 0 Å². The van der Waals surface area contributed by atoms with E-state index in [4.69, 9.17) is 26.2 Å². The van der Waals surface area contributed by atoms with Crippen molar-refractivity contribution in [3.05, 3.63) is 41.4 Å². The molecule has 0 atom stereocenters. The van der Waals surface area contributed by atoms with Crippen LogP contribution in [0.15, 0.2) is 36.4 Å². The fourth-order valence-electron chi connectivity index (χ4n) is 1.74. The lowest BCUT2D eigenvalue weighted by atomic mass is 10.1. The van der Waals surface area contributed by atoms with E-state index in [1.54, 1.807) is 0 Å². The second-order valence-electron chi connectivity index (χ2n) is 3.78. The highest BCUT2D eigenvalue weighted by Crippen LogP contribution is 2.31. The number of fused-ring (bicyclic) bond motifs is 1. The van der Waals surface area contributed by atoms with Gasteiger partial charge in [0, 0.05) is 15.8 Å². The quantitative estimate of drug-likeness (QED) is 0.817. The molecule has 0 spiro atoms. The number of ether oxygens (including phenoxy) is 2. The Morgan fingerprint density at radius 2 is 1.72 bits per heavy atom. The SMILES string of the molecule is OCCOCCOc1ccc(Cl)c2ccccc12. The highest BCUT2D eigenvalue weighted by molar-refractivity contribution is 6.35. The van der Waals surface area contributed by atoms with E-state index in [-0.39, 0.29) is 6.61 Å². The maximum Gasteiger partial charge on any atom is 0.127 e. The number of halogens is 1. The number of hydrogen-bond donors (Lipinski definition) is 1. The minimum absolute atomic E-state index is 0.0316. The molecule has 0 unspecified atom stereocenters. The Morgan fingerprint density at radius 3 is 2.50 bits per heavy atom. The summed E-state index contributed by atoms with van der Waals surface area (Å²) in [6, 6.07) is 11.5. The summed E-state index contributed by atoms with van der Waals surface area (Å²) in [4.78, 5) is 0. The molecule has 2 rings (SSSR count). The van der Waals surface area contributed by atoms with Gasteiger partial charge >= 0.3 is 0 Å². The van der Waals surface area contributed by atoms with Crippen LogP contribution < -0.4 is 4.74 Å². The first-order valence-electron chi connectivity index (χ1n) is 5.81. The summed E-state index contributed by atoms with van der Waals surface area (Å²) in [6.45, 7) is 1.28. The van der Waals surface area contributed by atoms with Gasteiger partial charge in [-0.15, -0.1) is 0 Å². The van der Waals surface area contributed by atoms with Crippen LogP contribution in [0.5, 0.6) is 5.75 Å². The Balaban J connectivity index is 2.07. The average Bonchev–Trinajstić information content (AvgIpc) is 2.41. The van der Waals surface area contributed by atoms with Gasteiger partial charge in [-0.1, -0.05) is 35.9 Å². The Hall–Kier alpha value is -1.29. The largest absolute Gasteiger partial charge is 0.491 e. The van der Waals surface area contributed by atoms with E-state index in [0.29, 0.717) is 19.8 Å². The van der Waals surface area contributed by atoms with Crippen molar-refractivity contribution < 1.29 is 14.6 Å². The lowest BCUT2D eigenvalue weighted by Gasteiger charge is -2.10. The van der Waals surface area contributed by atoms with E-state index in [1.807, 2.05) is 36.4 Å². The van der Waals surface area contributed by atoms with Crippen molar-refractivity contribution in [1.82, 2.24) is 0 Å². The van der Waals surface area contributed by atoms with E-state index >= 15 is 0 Å². The molecular formula is C14H15ClO3. The van der Waals surface area contributed by atoms with Crippen LogP contribution in [0.4, 0.5) is 0 Å². The van der Waals surface area contributed by atoms with Crippen molar-refractivity contribution >= 4 is 22.4 Å². The number of aliphatic hydroxyl groups excluding tert-OH is 1. The maximum atomic E-state index is 8.57. The number of hydrogen-bond acceptors (Lipinski definition) is 3. The molecule has 0 fully saturated rings. The van der Waals surface area contributed by atoms with E-state index in [1.165, 1.54) is 0 Å². The molecule has 2 aromatic rings. The highest BCUT2D eigenvalue weighted by Gasteiger charge is 2.04. The van der Waals surface area contributed by atoms with Gasteiger partial charge in [0.25, 0.3) is 0 Å². The zero-order valence-electron chi connectivity index (χ0n) is 9.93. The molecule has 3 nitrogen and oxygen atoms in total. The summed E-state index contributed by atoms with van der Waals surface area (Å²) in [5, 5.41) is 11.3. The number of benzene rings is 2. The van der Waals surface area contributed by atoms with Crippen LogP contribution in [0.2, 0.25) is 5.02 Å². The van der Waals surface area contributed by atoms with Crippen molar-refractivity contribution in [1.29, 1.82) is 0 Å². The van der Waals surface area contributed by atoms with Crippen molar-refractivity contribution in [2.75, 3.05) is 26.4 Å². The fraction of sp³-hybridized carbons (Fsp3) is 0.286. The maximum absolute atomic E-state index is 8.57. The minimum atomic E-state index is 0.0316. The molecule has 18 heavy (non-hydrogen) atoms. The first-order valence-corrected chi connectivity index (χ1v) is 6.19. The zero-order valence-corrected chi connectivity index (χ0v) is 10.7. The first kappa shape index (κ1) is 13.1. The third-order valence-electron chi connectivity index (χ3n) is 2.55. The molecule has 0 radical (unpaired) electrons. The van der Waals surface area contributed by atoms with Gasteiger partial charge in [-0.2, -0.15) is 0 Å². The molecule has 0 aliphatic carbocycles. The Bertz CT molecular complexity index is 513. The Morgan fingerprint density at radius 1 is 0.944 bits per heavy atom. The van der Waals surface area contributed by atoms with Crippen molar-refractivity contribution in [2.24, 2.45) is 0 Å². The highest BCUT2D eigenvalue weighted by atomic mass is 35.5. The molecule has 0 aromatic heterocycles. The zero-order chi connectivity index (χ0) is 12.8. The summed E-state index contributed by atoms with van der Waals surface area (Å²) in [6.07, 6.45) is 0. The van der Waals surface area contributed by atoms with Crippen LogP contribution >= 0.6 is 11.6 Å². The van der Waals surface area contributed by atoms with Crippen LogP contribution in [0.3, 0.4) is 0 Å². The van der Waals surface area contributed by atoms with Crippen LogP contribution in [-0.4, -0.2) is 31.5 Å². The summed E-state index contributed by atoms with van der Waals surface area (Å²) < 4.78 is 10.8. The molecule has 0 aliphatic rings. The molecule has 0 bridgehead atoms. The predicted octanol–water partition coefficient (Wildman–Crippen LogP) is 2.88. The second kappa shape index (κ2) is 6.59. The Labute approximate surface area is 111 Å². The average molecular weight is 267 g/mol. The van der Waals surface area contributed by atoms with Gasteiger partial charge in [-0.05, 0) is 12.1 Å². The van der Waals surface area contributed by atoms with Gasteiger partial charge < -0.3 is 14.6 Å². The van der Waals surface area contributed by atoms with Crippen LogP contribution in [0, 0.1) is 0 Å². The van der Waals surface area contributed by atoms with Crippen molar-refractivity contribution in [2.45, 2.75) is 0 Å². The molecule has 1 N–H and O–H groups in total. The number of aliphatic hydroxyl groups is 1. The van der Waals surface area contributed by atoms with E-state index in [9.17, 15) is 0 Å². The lowest BCUT2D eigenvalue weighted by molar-refractivity contribution is 0.0708.